The van der Waals surface area contributed by atoms with Crippen LogP contribution < -0.4 is 0 Å². The van der Waals surface area contributed by atoms with Crippen molar-refractivity contribution in [1.82, 2.24) is 4.90 Å². The molecule has 1 aliphatic heterocycles. The van der Waals surface area contributed by atoms with Gasteiger partial charge in [0.05, 0.1) is 0 Å². The van der Waals surface area contributed by atoms with Gasteiger partial charge in [0.15, 0.2) is 0 Å². The molecule has 0 aromatic heterocycles. The molecule has 0 unspecified atom stereocenters. The maximum atomic E-state index is 12.7. The van der Waals surface area contributed by atoms with Crippen LogP contribution in [0, 0.1) is 6.92 Å². The molecule has 1 heterocycles. The largest absolute Gasteiger partial charge is 0.300 e. The summed E-state index contributed by atoms with van der Waals surface area (Å²) in [5, 5.41) is 0. The molecule has 136 valence electrons. The van der Waals surface area contributed by atoms with E-state index in [4.69, 9.17) is 0 Å². The Morgan fingerprint density at radius 1 is 0.741 bits per heavy atom. The molecule has 4 rings (SSSR count). The summed E-state index contributed by atoms with van der Waals surface area (Å²) in [5.41, 5.74) is 4.98. The van der Waals surface area contributed by atoms with Crippen molar-refractivity contribution in [2.45, 2.75) is 38.4 Å². The first kappa shape index (κ1) is 17.7. The number of likely N-dealkylation sites (tertiary alicyclic amines) is 1. The Kier molecular flexibility index (Phi) is 5.17. The van der Waals surface area contributed by atoms with Crippen molar-refractivity contribution < 1.29 is 4.79 Å². The fraction of sp³-hybridized carbons (Fsp3) is 0.240. The summed E-state index contributed by atoms with van der Waals surface area (Å²) < 4.78 is 0. The van der Waals surface area contributed by atoms with Crippen molar-refractivity contribution in [2.75, 3.05) is 0 Å². The standard InChI is InChI=1S/C25H25NO/c1-19-12-14-22(15-13-19)25-17-23(27)16-24(21-10-6-3-7-11-21)26(25)18-20-8-4-2-5-9-20/h2-15,24-25H,16-18H2,1H3/t24-,25+/m0/s1. The number of hydrogen-bond acceptors (Lipinski definition) is 2. The topological polar surface area (TPSA) is 20.3 Å². The zero-order valence-corrected chi connectivity index (χ0v) is 15.7. The maximum Gasteiger partial charge on any atom is 0.136 e. The van der Waals surface area contributed by atoms with E-state index >= 15 is 0 Å². The Bertz CT molecular complexity index is 887. The second-order valence-corrected chi connectivity index (χ2v) is 7.46. The monoisotopic (exact) mass is 355 g/mol. The molecule has 27 heavy (non-hydrogen) atoms. The van der Waals surface area contributed by atoms with Crippen LogP contribution in [0.5, 0.6) is 0 Å². The maximum absolute atomic E-state index is 12.7. The molecule has 3 aromatic rings. The molecule has 0 N–H and O–H groups in total. The van der Waals surface area contributed by atoms with Crippen LogP contribution >= 0.6 is 0 Å². The van der Waals surface area contributed by atoms with Gasteiger partial charge in [-0.2, -0.15) is 0 Å². The Hall–Kier alpha value is -2.71. The van der Waals surface area contributed by atoms with Gasteiger partial charge < -0.3 is 0 Å². The molecule has 0 bridgehead atoms. The number of hydrogen-bond donors (Lipinski definition) is 0. The van der Waals surface area contributed by atoms with Gasteiger partial charge in [-0.1, -0.05) is 90.5 Å². The Balaban J connectivity index is 1.74. The van der Waals surface area contributed by atoms with Crippen LogP contribution in [0.2, 0.25) is 0 Å². The summed E-state index contributed by atoms with van der Waals surface area (Å²) in [6.07, 6.45) is 1.17. The van der Waals surface area contributed by atoms with Gasteiger partial charge in [0.2, 0.25) is 0 Å². The van der Waals surface area contributed by atoms with E-state index in [0.29, 0.717) is 18.6 Å². The van der Waals surface area contributed by atoms with Gasteiger partial charge in [-0.3, -0.25) is 9.69 Å². The summed E-state index contributed by atoms with van der Waals surface area (Å²) in [6, 6.07) is 29.9. The zero-order valence-electron chi connectivity index (χ0n) is 15.7. The molecule has 0 saturated carbocycles. The van der Waals surface area contributed by atoms with Crippen molar-refractivity contribution in [3.8, 4) is 0 Å². The molecule has 1 fully saturated rings. The van der Waals surface area contributed by atoms with Gasteiger partial charge in [0.1, 0.15) is 5.78 Å². The van der Waals surface area contributed by atoms with Gasteiger partial charge in [-0.25, -0.2) is 0 Å². The lowest BCUT2D eigenvalue weighted by molar-refractivity contribution is -0.126. The number of nitrogens with zero attached hydrogens (tertiary/aromatic N) is 1. The van der Waals surface area contributed by atoms with E-state index in [1.54, 1.807) is 0 Å². The zero-order chi connectivity index (χ0) is 18.6. The summed E-state index contributed by atoms with van der Waals surface area (Å²) in [5.74, 6) is 0.346. The lowest BCUT2D eigenvalue weighted by Gasteiger charge is -2.42. The summed E-state index contributed by atoms with van der Waals surface area (Å²) >= 11 is 0. The van der Waals surface area contributed by atoms with Gasteiger partial charge in [-0.15, -0.1) is 0 Å². The highest BCUT2D eigenvalue weighted by Crippen LogP contribution is 2.41. The summed E-state index contributed by atoms with van der Waals surface area (Å²) in [7, 11) is 0. The number of benzene rings is 3. The number of piperidine rings is 1. The quantitative estimate of drug-likeness (QED) is 0.603. The fourth-order valence-corrected chi connectivity index (χ4v) is 4.06. The highest BCUT2D eigenvalue weighted by Gasteiger charge is 2.36. The van der Waals surface area contributed by atoms with E-state index in [1.165, 1.54) is 22.3 Å². The molecule has 2 heteroatoms. The van der Waals surface area contributed by atoms with E-state index in [9.17, 15) is 4.79 Å². The van der Waals surface area contributed by atoms with E-state index in [0.717, 1.165) is 6.54 Å². The number of carbonyl (C=O) groups excluding carboxylic acids is 1. The van der Waals surface area contributed by atoms with Crippen molar-refractivity contribution in [1.29, 1.82) is 0 Å². The lowest BCUT2D eigenvalue weighted by Crippen LogP contribution is -2.39. The fourth-order valence-electron chi connectivity index (χ4n) is 4.06. The number of Topliss-reactive ketones (excluding diaryl/α,β-unsaturated/α-hetero) is 1. The van der Waals surface area contributed by atoms with Crippen LogP contribution in [0.25, 0.3) is 0 Å². The summed E-state index contributed by atoms with van der Waals surface area (Å²) in [6.45, 7) is 2.94. The van der Waals surface area contributed by atoms with Crippen LogP contribution in [0.4, 0.5) is 0 Å². The van der Waals surface area contributed by atoms with Crippen LogP contribution in [-0.2, 0) is 11.3 Å². The molecule has 0 aliphatic carbocycles. The van der Waals surface area contributed by atoms with Crippen molar-refractivity contribution >= 4 is 5.78 Å². The molecule has 0 radical (unpaired) electrons. The predicted molar refractivity (Wildman–Crippen MR) is 109 cm³/mol. The van der Waals surface area contributed by atoms with Crippen LogP contribution in [0.1, 0.15) is 47.2 Å². The minimum atomic E-state index is 0.109. The van der Waals surface area contributed by atoms with Crippen LogP contribution in [0.3, 0.4) is 0 Å². The SMILES string of the molecule is Cc1ccc([C@H]2CC(=O)C[C@@H](c3ccccc3)N2Cc2ccccc2)cc1. The molecule has 3 aromatic carbocycles. The van der Waals surface area contributed by atoms with Gasteiger partial charge in [-0.05, 0) is 23.6 Å². The molecule has 0 amide bonds. The first-order valence-electron chi connectivity index (χ1n) is 9.63. The summed E-state index contributed by atoms with van der Waals surface area (Å²) in [4.78, 5) is 15.2. The van der Waals surface area contributed by atoms with Crippen molar-refractivity contribution in [3.05, 3.63) is 107 Å². The predicted octanol–water partition coefficient (Wildman–Crippen LogP) is 5.64. The molecule has 0 spiro atoms. The first-order chi connectivity index (χ1) is 13.2. The minimum absolute atomic E-state index is 0.109. The van der Waals surface area contributed by atoms with E-state index < -0.39 is 0 Å². The Labute approximate surface area is 161 Å². The van der Waals surface area contributed by atoms with Crippen molar-refractivity contribution in [3.63, 3.8) is 0 Å². The minimum Gasteiger partial charge on any atom is -0.300 e. The molecular formula is C25H25NO. The van der Waals surface area contributed by atoms with Gasteiger partial charge >= 0.3 is 0 Å². The number of carbonyl (C=O) groups is 1. The third-order valence-electron chi connectivity index (χ3n) is 5.50. The average molecular weight is 355 g/mol. The molecule has 1 saturated heterocycles. The molecule has 1 aliphatic rings. The van der Waals surface area contributed by atoms with Crippen molar-refractivity contribution in [2.24, 2.45) is 0 Å². The highest BCUT2D eigenvalue weighted by molar-refractivity contribution is 5.81. The number of aryl methyl sites for hydroxylation is 1. The van der Waals surface area contributed by atoms with E-state index in [1.807, 2.05) is 6.07 Å². The third-order valence-corrected chi connectivity index (χ3v) is 5.50. The van der Waals surface area contributed by atoms with Crippen LogP contribution in [-0.4, -0.2) is 10.7 Å². The van der Waals surface area contributed by atoms with Gasteiger partial charge in [0, 0.05) is 31.5 Å². The third kappa shape index (κ3) is 4.01. The van der Waals surface area contributed by atoms with Gasteiger partial charge in [0.25, 0.3) is 0 Å². The highest BCUT2D eigenvalue weighted by atomic mass is 16.1. The first-order valence-corrected chi connectivity index (χ1v) is 9.63. The molecule has 2 atom stereocenters. The second-order valence-electron chi connectivity index (χ2n) is 7.46. The Morgan fingerprint density at radius 2 is 1.26 bits per heavy atom. The smallest absolute Gasteiger partial charge is 0.136 e. The second kappa shape index (κ2) is 7.89. The number of ketones is 1. The number of rotatable bonds is 4. The Morgan fingerprint density at radius 3 is 1.85 bits per heavy atom. The molecular weight excluding hydrogens is 330 g/mol. The lowest BCUT2D eigenvalue weighted by atomic mass is 9.86. The molecule has 2 nitrogen and oxygen atoms in total. The van der Waals surface area contributed by atoms with E-state index in [2.05, 4.69) is 90.7 Å². The van der Waals surface area contributed by atoms with E-state index in [-0.39, 0.29) is 12.1 Å². The van der Waals surface area contributed by atoms with Crippen LogP contribution in [0.15, 0.2) is 84.9 Å². The normalized spacial score (nSPS) is 20.6. The average Bonchev–Trinajstić information content (AvgIpc) is 2.71.